The second-order valence-electron chi connectivity index (χ2n) is 2.76. The Bertz CT molecular complexity index is 338. The molecule has 0 bridgehead atoms. The molecule has 0 aliphatic heterocycles. The predicted octanol–water partition coefficient (Wildman–Crippen LogP) is 2.54. The maximum atomic E-state index is 5.06. The van der Waals surface area contributed by atoms with Crippen LogP contribution in [-0.2, 0) is 17.1 Å². The van der Waals surface area contributed by atoms with Gasteiger partial charge in [0.15, 0.2) is 0 Å². The molecule has 0 atom stereocenters. The van der Waals surface area contributed by atoms with Crippen LogP contribution in [0.15, 0.2) is 6.07 Å². The summed E-state index contributed by atoms with van der Waals surface area (Å²) in [5.74, 6) is 2.88. The molecule has 0 saturated heterocycles. The van der Waals surface area contributed by atoms with Gasteiger partial charge in [0.1, 0.15) is 10.5 Å². The van der Waals surface area contributed by atoms with Crippen molar-refractivity contribution in [3.05, 3.63) is 22.2 Å². The molecule has 0 saturated carbocycles. The van der Waals surface area contributed by atoms with E-state index in [2.05, 4.69) is 16.9 Å². The van der Waals surface area contributed by atoms with Crippen molar-refractivity contribution in [1.82, 2.24) is 9.97 Å². The number of rotatable bonds is 5. The van der Waals surface area contributed by atoms with E-state index in [1.54, 1.807) is 7.11 Å². The van der Waals surface area contributed by atoms with Crippen LogP contribution in [0.25, 0.3) is 0 Å². The molecule has 0 spiro atoms. The Labute approximate surface area is 93.3 Å². The Morgan fingerprint density at radius 2 is 2.43 bits per heavy atom. The van der Waals surface area contributed by atoms with Crippen molar-refractivity contribution in [2.45, 2.75) is 19.3 Å². The Balaban J connectivity index is 2.78. The fraction of sp³-hybridized carbons (Fsp3) is 0.556. The van der Waals surface area contributed by atoms with Gasteiger partial charge in [-0.1, -0.05) is 19.1 Å². The van der Waals surface area contributed by atoms with E-state index in [0.717, 1.165) is 23.0 Å². The molecule has 0 fully saturated rings. The van der Waals surface area contributed by atoms with E-state index >= 15 is 0 Å². The van der Waals surface area contributed by atoms with E-state index in [9.17, 15) is 0 Å². The van der Waals surface area contributed by atoms with Gasteiger partial charge in [0.25, 0.3) is 0 Å². The van der Waals surface area contributed by atoms with Crippen LogP contribution in [0, 0.1) is 4.64 Å². The van der Waals surface area contributed by atoms with E-state index in [4.69, 9.17) is 17.0 Å². The van der Waals surface area contributed by atoms with Gasteiger partial charge in [-0.15, -0.1) is 0 Å². The maximum absolute atomic E-state index is 5.06. The third-order valence-electron chi connectivity index (χ3n) is 1.59. The highest BCUT2D eigenvalue weighted by molar-refractivity contribution is 7.98. The van der Waals surface area contributed by atoms with Crippen LogP contribution < -0.4 is 0 Å². The second-order valence-corrected chi connectivity index (χ2v) is 4.45. The number of aromatic amines is 1. The zero-order chi connectivity index (χ0) is 10.4. The van der Waals surface area contributed by atoms with Crippen molar-refractivity contribution < 1.29 is 4.74 Å². The topological polar surface area (TPSA) is 37.9 Å². The molecule has 1 N–H and O–H groups in total. The van der Waals surface area contributed by atoms with Gasteiger partial charge in [-0.05, 0) is 11.8 Å². The fourth-order valence-corrected chi connectivity index (χ4v) is 1.85. The first-order valence-electron chi connectivity index (χ1n) is 4.42. The number of thioether (sulfide) groups is 1. The zero-order valence-electron chi connectivity index (χ0n) is 8.37. The van der Waals surface area contributed by atoms with Crippen molar-refractivity contribution in [1.29, 1.82) is 0 Å². The summed E-state index contributed by atoms with van der Waals surface area (Å²) in [5, 5.41) is 0. The first kappa shape index (κ1) is 11.7. The molecule has 1 heterocycles. The van der Waals surface area contributed by atoms with Gasteiger partial charge in [0, 0.05) is 12.8 Å². The quantitative estimate of drug-likeness (QED) is 0.789. The lowest BCUT2D eigenvalue weighted by Gasteiger charge is -2.04. The van der Waals surface area contributed by atoms with E-state index in [1.807, 2.05) is 17.8 Å². The van der Waals surface area contributed by atoms with E-state index in [1.165, 1.54) is 0 Å². The molecule has 0 aliphatic rings. The molecule has 0 unspecified atom stereocenters. The van der Waals surface area contributed by atoms with E-state index < -0.39 is 0 Å². The molecule has 0 aliphatic carbocycles. The van der Waals surface area contributed by atoms with Crippen molar-refractivity contribution in [2.24, 2.45) is 0 Å². The monoisotopic (exact) mass is 230 g/mol. The molecule has 14 heavy (non-hydrogen) atoms. The normalized spacial score (nSPS) is 10.4. The Morgan fingerprint density at radius 1 is 1.64 bits per heavy atom. The maximum Gasteiger partial charge on any atom is 0.130 e. The largest absolute Gasteiger partial charge is 0.378 e. The summed E-state index contributed by atoms with van der Waals surface area (Å²) in [6, 6.07) is 1.83. The van der Waals surface area contributed by atoms with E-state index in [-0.39, 0.29) is 0 Å². The Morgan fingerprint density at radius 3 is 3.07 bits per heavy atom. The third-order valence-corrected chi connectivity index (χ3v) is 2.69. The van der Waals surface area contributed by atoms with Crippen LogP contribution in [0.4, 0.5) is 0 Å². The summed E-state index contributed by atoms with van der Waals surface area (Å²) in [6.45, 7) is 2.67. The molecule has 1 aromatic rings. The highest BCUT2D eigenvalue weighted by atomic mass is 32.2. The standard InChI is InChI=1S/C9H14N2OS2/c1-3-14-6-8-10-7(5-12-2)4-9(13)11-8/h4H,3,5-6H2,1-2H3,(H,10,11,13). The number of nitrogens with zero attached hydrogens (tertiary/aromatic N) is 1. The highest BCUT2D eigenvalue weighted by Gasteiger charge is 1.98. The molecular formula is C9H14N2OS2. The number of ether oxygens (including phenoxy) is 1. The van der Waals surface area contributed by atoms with Crippen LogP contribution in [0.2, 0.25) is 0 Å². The average molecular weight is 230 g/mol. The second kappa shape index (κ2) is 6.16. The minimum Gasteiger partial charge on any atom is -0.378 e. The molecule has 0 amide bonds. The third kappa shape index (κ3) is 3.77. The summed E-state index contributed by atoms with van der Waals surface area (Å²) in [4.78, 5) is 7.43. The predicted molar refractivity (Wildman–Crippen MR) is 62.0 cm³/mol. The Kier molecular flexibility index (Phi) is 5.14. The van der Waals surface area contributed by atoms with Crippen LogP contribution in [0.1, 0.15) is 18.4 Å². The number of hydrogen-bond donors (Lipinski definition) is 1. The molecule has 78 valence electrons. The van der Waals surface area contributed by atoms with Crippen LogP contribution >= 0.6 is 24.0 Å². The summed E-state index contributed by atoms with van der Waals surface area (Å²) >= 11 is 6.87. The van der Waals surface area contributed by atoms with Gasteiger partial charge in [0.05, 0.1) is 12.4 Å². The molecule has 0 aromatic carbocycles. The lowest BCUT2D eigenvalue weighted by atomic mass is 10.4. The average Bonchev–Trinajstić information content (AvgIpc) is 2.14. The zero-order valence-corrected chi connectivity index (χ0v) is 10.0. The van der Waals surface area contributed by atoms with Gasteiger partial charge in [-0.3, -0.25) is 0 Å². The SMILES string of the molecule is CCSCc1nc(=S)cc(COC)[nH]1. The van der Waals surface area contributed by atoms with Crippen LogP contribution in [0.5, 0.6) is 0 Å². The summed E-state index contributed by atoms with van der Waals surface area (Å²) in [6.07, 6.45) is 0. The van der Waals surface area contributed by atoms with Crippen molar-refractivity contribution in [3.63, 3.8) is 0 Å². The first-order chi connectivity index (χ1) is 6.76. The highest BCUT2D eigenvalue weighted by Crippen LogP contribution is 2.08. The minimum atomic E-state index is 0.552. The number of hydrogen-bond acceptors (Lipinski definition) is 4. The molecule has 0 radical (unpaired) electrons. The van der Waals surface area contributed by atoms with E-state index in [0.29, 0.717) is 11.2 Å². The number of aromatic nitrogens is 2. The minimum absolute atomic E-state index is 0.552. The van der Waals surface area contributed by atoms with Gasteiger partial charge in [0.2, 0.25) is 0 Å². The first-order valence-corrected chi connectivity index (χ1v) is 5.98. The van der Waals surface area contributed by atoms with Gasteiger partial charge >= 0.3 is 0 Å². The number of methoxy groups -OCH3 is 1. The number of H-pyrrole nitrogens is 1. The van der Waals surface area contributed by atoms with Crippen LogP contribution in [-0.4, -0.2) is 22.8 Å². The Hall–Kier alpha value is -0.390. The number of nitrogens with one attached hydrogen (secondary N) is 1. The molecular weight excluding hydrogens is 216 g/mol. The van der Waals surface area contributed by atoms with Crippen molar-refractivity contribution in [3.8, 4) is 0 Å². The molecule has 1 aromatic heterocycles. The smallest absolute Gasteiger partial charge is 0.130 e. The van der Waals surface area contributed by atoms with Gasteiger partial charge in [-0.25, -0.2) is 4.98 Å². The summed E-state index contributed by atoms with van der Waals surface area (Å²) < 4.78 is 5.66. The summed E-state index contributed by atoms with van der Waals surface area (Å²) in [5.41, 5.74) is 0.985. The summed E-state index contributed by atoms with van der Waals surface area (Å²) in [7, 11) is 1.66. The van der Waals surface area contributed by atoms with Gasteiger partial charge < -0.3 is 9.72 Å². The fourth-order valence-electron chi connectivity index (χ4n) is 1.06. The van der Waals surface area contributed by atoms with Gasteiger partial charge in [-0.2, -0.15) is 11.8 Å². The lowest BCUT2D eigenvalue weighted by Crippen LogP contribution is -1.99. The molecule has 5 heteroatoms. The lowest BCUT2D eigenvalue weighted by molar-refractivity contribution is 0.181. The van der Waals surface area contributed by atoms with Crippen molar-refractivity contribution in [2.75, 3.05) is 12.9 Å². The van der Waals surface area contributed by atoms with Crippen LogP contribution in [0.3, 0.4) is 0 Å². The molecule has 3 nitrogen and oxygen atoms in total. The molecule has 1 rings (SSSR count). The van der Waals surface area contributed by atoms with Crippen molar-refractivity contribution >= 4 is 24.0 Å².